The van der Waals surface area contributed by atoms with Gasteiger partial charge in [-0.2, -0.15) is 0 Å². The Kier molecular flexibility index (Phi) is 5.69. The molecule has 1 aromatic carbocycles. The second-order valence-electron chi connectivity index (χ2n) is 3.93. The molecule has 1 aliphatic rings. The fourth-order valence-corrected chi connectivity index (χ4v) is 1.36. The second-order valence-corrected chi connectivity index (χ2v) is 3.93. The summed E-state index contributed by atoms with van der Waals surface area (Å²) in [4.78, 5) is 10.4. The fraction of sp³-hybridized carbons (Fsp3) is 0.154. The molecule has 0 spiro atoms. The monoisotopic (exact) mass is 260 g/mol. The van der Waals surface area contributed by atoms with Crippen LogP contribution >= 0.6 is 0 Å². The normalized spacial score (nSPS) is 14.4. The highest BCUT2D eigenvalue weighted by molar-refractivity contribution is 6.51. The molecule has 19 heavy (non-hydrogen) atoms. The zero-order chi connectivity index (χ0) is 14.3. The average molecular weight is 260 g/mol. The summed E-state index contributed by atoms with van der Waals surface area (Å²) in [6.07, 6.45) is 1.81. The lowest BCUT2D eigenvalue weighted by Gasteiger charge is -2.04. The lowest BCUT2D eigenvalue weighted by Crippen LogP contribution is -2.32. The Bertz CT molecular complexity index is 485. The van der Waals surface area contributed by atoms with Gasteiger partial charge in [-0.15, -0.1) is 5.98 Å². The number of benzene rings is 1. The maximum atomic E-state index is 10.4. The summed E-state index contributed by atoms with van der Waals surface area (Å²) in [5.74, 6) is 0.559. The Hall–Kier alpha value is -2.21. The van der Waals surface area contributed by atoms with Gasteiger partial charge in [0, 0.05) is 0 Å². The highest BCUT2D eigenvalue weighted by atomic mass is 16.4. The number of allylic oxidation sites excluding steroid dienone is 1. The van der Waals surface area contributed by atoms with Crippen molar-refractivity contribution in [3.05, 3.63) is 59.4 Å². The van der Waals surface area contributed by atoms with E-state index in [2.05, 4.69) is 0 Å². The first kappa shape index (κ1) is 14.9. The van der Waals surface area contributed by atoms with Crippen molar-refractivity contribution < 1.29 is 20.1 Å². The van der Waals surface area contributed by atoms with Crippen molar-refractivity contribution in [1.82, 2.24) is 0 Å². The van der Waals surface area contributed by atoms with E-state index in [0.717, 1.165) is 5.56 Å². The molecular weight excluding hydrogens is 245 g/mol. The lowest BCUT2D eigenvalue weighted by molar-refractivity contribution is -0.138. The molecule has 2 rings (SSSR count). The molecule has 5 N–H and O–H groups in total. The standard InChI is InChI=1S/C9H11NO2.C4H4BO2/c10-8(9(11)12)6-7-4-2-1-3-5-7;6-3-1-2-5-4(3)7/h1-5,8H,6,10H2,(H,11,12);1-2,6-7H. The highest BCUT2D eigenvalue weighted by Crippen LogP contribution is 2.04. The number of hydrogen-bond acceptors (Lipinski definition) is 4. The van der Waals surface area contributed by atoms with Crippen molar-refractivity contribution in [1.29, 1.82) is 0 Å². The number of hydrogen-bond donors (Lipinski definition) is 4. The smallest absolute Gasteiger partial charge is 0.320 e. The molecule has 1 aromatic rings. The summed E-state index contributed by atoms with van der Waals surface area (Å²) in [6.45, 7) is 0. The van der Waals surface area contributed by atoms with E-state index in [1.165, 1.54) is 13.4 Å². The van der Waals surface area contributed by atoms with Crippen molar-refractivity contribution in [3.8, 4) is 0 Å². The third-order valence-electron chi connectivity index (χ3n) is 2.39. The molecule has 6 heteroatoms. The number of carbonyl (C=O) groups is 1. The Morgan fingerprint density at radius 1 is 1.26 bits per heavy atom. The number of rotatable bonds is 3. The summed E-state index contributed by atoms with van der Waals surface area (Å²) in [5.41, 5.74) is 6.24. The Labute approximate surface area is 111 Å². The van der Waals surface area contributed by atoms with Gasteiger partial charge < -0.3 is 21.1 Å². The molecule has 1 radical (unpaired) electrons. The predicted octanol–water partition coefficient (Wildman–Crippen LogP) is 1.14. The number of carboxylic acids is 1. The minimum atomic E-state index is -0.959. The van der Waals surface area contributed by atoms with E-state index >= 15 is 0 Å². The molecule has 1 atom stereocenters. The number of nitrogens with two attached hydrogens (primary N) is 1. The Morgan fingerprint density at radius 2 is 1.89 bits per heavy atom. The summed E-state index contributed by atoms with van der Waals surface area (Å²) < 4.78 is 0. The van der Waals surface area contributed by atoms with E-state index in [4.69, 9.17) is 21.1 Å². The van der Waals surface area contributed by atoms with Crippen LogP contribution in [0.25, 0.3) is 0 Å². The number of aliphatic carboxylic acids is 1. The molecule has 0 amide bonds. The van der Waals surface area contributed by atoms with E-state index in [1.807, 2.05) is 30.3 Å². The van der Waals surface area contributed by atoms with Gasteiger partial charge in [-0.3, -0.25) is 4.79 Å². The van der Waals surface area contributed by atoms with Gasteiger partial charge >= 0.3 is 5.97 Å². The van der Waals surface area contributed by atoms with Crippen LogP contribution in [0.15, 0.2) is 53.8 Å². The van der Waals surface area contributed by atoms with Crippen molar-refractivity contribution in [2.24, 2.45) is 5.73 Å². The van der Waals surface area contributed by atoms with Gasteiger partial charge in [-0.05, 0) is 18.1 Å². The van der Waals surface area contributed by atoms with Crippen molar-refractivity contribution in [3.63, 3.8) is 0 Å². The highest BCUT2D eigenvalue weighted by Gasteiger charge is 2.10. The van der Waals surface area contributed by atoms with Crippen LogP contribution < -0.4 is 5.73 Å². The summed E-state index contributed by atoms with van der Waals surface area (Å²) in [6, 6.07) is 8.54. The number of aliphatic hydroxyl groups is 2. The zero-order valence-electron chi connectivity index (χ0n) is 10.2. The van der Waals surface area contributed by atoms with Crippen molar-refractivity contribution in [2.45, 2.75) is 12.5 Å². The SMILES string of the molecule is NC(Cc1ccccc1)C(=O)O.OC1=C(O)C=C[B]1. The zero-order valence-corrected chi connectivity index (χ0v) is 10.2. The second kappa shape index (κ2) is 7.28. The average Bonchev–Trinajstić information content (AvgIpc) is 2.75. The van der Waals surface area contributed by atoms with Crippen LogP contribution in [0.3, 0.4) is 0 Å². The van der Waals surface area contributed by atoms with Crippen LogP contribution in [0.2, 0.25) is 0 Å². The molecule has 5 nitrogen and oxygen atoms in total. The van der Waals surface area contributed by atoms with E-state index < -0.39 is 12.0 Å². The van der Waals surface area contributed by atoms with Crippen LogP contribution in [0.5, 0.6) is 0 Å². The van der Waals surface area contributed by atoms with Crippen molar-refractivity contribution >= 4 is 13.2 Å². The molecular formula is C13H15BNO4. The van der Waals surface area contributed by atoms with Crippen molar-refractivity contribution in [2.75, 3.05) is 0 Å². The van der Waals surface area contributed by atoms with Gasteiger partial charge in [-0.25, -0.2) is 0 Å². The fourth-order valence-electron chi connectivity index (χ4n) is 1.36. The predicted molar refractivity (Wildman–Crippen MR) is 72.9 cm³/mol. The van der Waals surface area contributed by atoms with Gasteiger partial charge in [0.25, 0.3) is 0 Å². The first-order valence-electron chi connectivity index (χ1n) is 5.66. The molecule has 0 saturated carbocycles. The van der Waals surface area contributed by atoms with Crippen LogP contribution in [-0.2, 0) is 11.2 Å². The molecule has 1 aliphatic heterocycles. The Morgan fingerprint density at radius 3 is 2.26 bits per heavy atom. The van der Waals surface area contributed by atoms with Gasteiger partial charge in [0.15, 0.2) is 0 Å². The molecule has 1 heterocycles. The first-order chi connectivity index (χ1) is 9.00. The molecule has 0 fully saturated rings. The maximum Gasteiger partial charge on any atom is 0.320 e. The third kappa shape index (κ3) is 5.31. The van der Waals surface area contributed by atoms with Gasteiger partial charge in [0.05, 0.1) is 5.66 Å². The molecule has 1 unspecified atom stereocenters. The molecule has 0 saturated heterocycles. The minimum absolute atomic E-state index is 0.0556. The number of carboxylic acid groups (broad SMARTS) is 1. The summed E-state index contributed by atoms with van der Waals surface area (Å²) in [7, 11) is 1.43. The van der Waals surface area contributed by atoms with Crippen LogP contribution in [0, 0.1) is 0 Å². The van der Waals surface area contributed by atoms with E-state index in [9.17, 15) is 4.79 Å². The quantitative estimate of drug-likeness (QED) is 0.610. The van der Waals surface area contributed by atoms with E-state index in [0.29, 0.717) is 6.42 Å². The first-order valence-corrected chi connectivity index (χ1v) is 5.66. The van der Waals surface area contributed by atoms with Gasteiger partial charge in [0.2, 0.25) is 7.28 Å². The minimum Gasteiger partial charge on any atom is -0.519 e. The third-order valence-corrected chi connectivity index (χ3v) is 2.39. The van der Waals surface area contributed by atoms with Crippen LogP contribution in [0.1, 0.15) is 5.56 Å². The topological polar surface area (TPSA) is 104 Å². The van der Waals surface area contributed by atoms with Crippen LogP contribution in [-0.4, -0.2) is 34.6 Å². The largest absolute Gasteiger partial charge is 0.519 e. The van der Waals surface area contributed by atoms with Gasteiger partial charge in [0.1, 0.15) is 11.8 Å². The van der Waals surface area contributed by atoms with Gasteiger partial charge in [-0.1, -0.05) is 30.3 Å². The lowest BCUT2D eigenvalue weighted by atomic mass is 9.80. The van der Waals surface area contributed by atoms with Crippen LogP contribution in [0.4, 0.5) is 0 Å². The molecule has 99 valence electrons. The molecule has 0 aromatic heterocycles. The summed E-state index contributed by atoms with van der Waals surface area (Å²) >= 11 is 0. The van der Waals surface area contributed by atoms with E-state index in [-0.39, 0.29) is 11.4 Å². The number of aliphatic hydroxyl groups excluding tert-OH is 2. The molecule has 0 aliphatic carbocycles. The molecule has 0 bridgehead atoms. The maximum absolute atomic E-state index is 10.4. The Balaban J connectivity index is 0.000000218. The summed E-state index contributed by atoms with van der Waals surface area (Å²) in [5, 5.41) is 25.5. The van der Waals surface area contributed by atoms with E-state index in [1.54, 1.807) is 5.98 Å².